The largest absolute Gasteiger partial charge is 0.379 e. The van der Waals surface area contributed by atoms with Gasteiger partial charge in [-0.25, -0.2) is 14.4 Å². The third kappa shape index (κ3) is 5.99. The number of imidazole rings is 1. The molecule has 0 bridgehead atoms. The molecule has 1 unspecified atom stereocenters. The van der Waals surface area contributed by atoms with Crippen molar-refractivity contribution >= 4 is 28.7 Å². The van der Waals surface area contributed by atoms with Crippen molar-refractivity contribution in [2.24, 2.45) is 0 Å². The maximum atomic E-state index is 14.2. The lowest BCUT2D eigenvalue weighted by molar-refractivity contribution is 0.187. The molecule has 7 nitrogen and oxygen atoms in total. The number of hydrogen-bond donors (Lipinski definition) is 2. The summed E-state index contributed by atoms with van der Waals surface area (Å²) in [4.78, 5) is 13.9. The van der Waals surface area contributed by atoms with E-state index < -0.39 is 0 Å². The molecule has 1 atom stereocenters. The summed E-state index contributed by atoms with van der Waals surface area (Å²) in [5.74, 6) is 0.867. The zero-order valence-electron chi connectivity index (χ0n) is 20.3. The van der Waals surface area contributed by atoms with Gasteiger partial charge in [0.25, 0.3) is 0 Å². The van der Waals surface area contributed by atoms with Crippen molar-refractivity contribution in [1.82, 2.24) is 19.5 Å². The average Bonchev–Trinajstić information content (AvgIpc) is 3.51. The van der Waals surface area contributed by atoms with E-state index in [2.05, 4.69) is 20.6 Å². The number of rotatable bonds is 5. The van der Waals surface area contributed by atoms with Gasteiger partial charge in [0.1, 0.15) is 11.3 Å². The van der Waals surface area contributed by atoms with Gasteiger partial charge in [-0.2, -0.15) is 4.98 Å². The van der Waals surface area contributed by atoms with Crippen molar-refractivity contribution in [3.8, 4) is 0 Å². The quantitative estimate of drug-likeness (QED) is 0.458. The molecule has 8 heteroatoms. The number of nitrogens with one attached hydrogen (secondary N) is 2. The second-order valence-corrected chi connectivity index (χ2v) is 7.81. The molecule has 0 radical (unpaired) electrons. The molecule has 2 fully saturated rings. The van der Waals surface area contributed by atoms with Crippen molar-refractivity contribution < 1.29 is 9.13 Å². The maximum Gasteiger partial charge on any atom is 0.224 e. The highest BCUT2D eigenvalue weighted by atomic mass is 19.1. The molecule has 3 heterocycles. The molecular weight excluding hydrogens is 419 g/mol. The summed E-state index contributed by atoms with van der Waals surface area (Å²) >= 11 is 0. The first kappa shape index (κ1) is 24.9. The molecule has 0 spiro atoms. The van der Waals surface area contributed by atoms with E-state index in [0.29, 0.717) is 42.4 Å². The highest BCUT2D eigenvalue weighted by molar-refractivity contribution is 5.76. The molecular formula is C25H37FN6O. The molecule has 1 saturated carbocycles. The summed E-state index contributed by atoms with van der Waals surface area (Å²) in [6.07, 6.45) is 8.70. The minimum atomic E-state index is -0.320. The standard InChI is InChI=1S/C21H25FN6O.2C2H6/c22-16-8-4-5-9-17(16)25-21-26-18-12-23-20(24-14-6-2-1-3-7-14)27-19(18)28(21)15-10-11-29-13-15;2*1-2/h4-5,8-9,12,14-15H,1-3,6-7,10-11,13H2,(H,25,26)(H,23,24,27);2*1-2H3. The highest BCUT2D eigenvalue weighted by Gasteiger charge is 2.25. The lowest BCUT2D eigenvalue weighted by Gasteiger charge is -2.22. The van der Waals surface area contributed by atoms with Gasteiger partial charge in [0, 0.05) is 12.6 Å². The normalized spacial score (nSPS) is 18.2. The minimum Gasteiger partial charge on any atom is -0.379 e. The van der Waals surface area contributed by atoms with Crippen molar-refractivity contribution in [3.63, 3.8) is 0 Å². The van der Waals surface area contributed by atoms with Gasteiger partial charge in [-0.3, -0.25) is 4.57 Å². The van der Waals surface area contributed by atoms with Crippen LogP contribution in [0.15, 0.2) is 30.5 Å². The molecule has 180 valence electrons. The van der Waals surface area contributed by atoms with Crippen LogP contribution < -0.4 is 10.6 Å². The second-order valence-electron chi connectivity index (χ2n) is 7.81. The van der Waals surface area contributed by atoms with Crippen molar-refractivity contribution in [2.45, 2.75) is 78.3 Å². The van der Waals surface area contributed by atoms with E-state index >= 15 is 0 Å². The highest BCUT2D eigenvalue weighted by Crippen LogP contribution is 2.31. The van der Waals surface area contributed by atoms with Gasteiger partial charge in [-0.15, -0.1) is 0 Å². The van der Waals surface area contributed by atoms with Gasteiger partial charge in [-0.05, 0) is 31.4 Å². The number of aromatic nitrogens is 4. The Labute approximate surface area is 196 Å². The molecule has 5 rings (SSSR count). The predicted molar refractivity (Wildman–Crippen MR) is 133 cm³/mol. The third-order valence-corrected chi connectivity index (χ3v) is 5.76. The Morgan fingerprint density at radius 3 is 2.45 bits per heavy atom. The number of benzene rings is 1. The first-order chi connectivity index (χ1) is 16.3. The van der Waals surface area contributed by atoms with Gasteiger partial charge in [0.05, 0.1) is 24.5 Å². The molecule has 2 aliphatic rings. The topological polar surface area (TPSA) is 76.9 Å². The van der Waals surface area contributed by atoms with Crippen LogP contribution in [0.25, 0.3) is 11.2 Å². The van der Waals surface area contributed by atoms with E-state index in [1.807, 2.05) is 32.3 Å². The Morgan fingerprint density at radius 2 is 1.76 bits per heavy atom. The molecule has 1 aliphatic heterocycles. The van der Waals surface area contributed by atoms with Crippen LogP contribution in [0.3, 0.4) is 0 Å². The monoisotopic (exact) mass is 456 g/mol. The van der Waals surface area contributed by atoms with E-state index in [1.165, 1.54) is 25.3 Å². The fraction of sp³-hybridized carbons (Fsp3) is 0.560. The predicted octanol–water partition coefficient (Wildman–Crippen LogP) is 6.47. The number of hydrogen-bond acceptors (Lipinski definition) is 6. The Balaban J connectivity index is 0.000000728. The van der Waals surface area contributed by atoms with Crippen LogP contribution in [-0.2, 0) is 4.74 Å². The second kappa shape index (κ2) is 12.5. The first-order valence-corrected chi connectivity index (χ1v) is 12.4. The van der Waals surface area contributed by atoms with Crippen LogP contribution in [0.4, 0.5) is 22.0 Å². The zero-order valence-corrected chi connectivity index (χ0v) is 20.3. The van der Waals surface area contributed by atoms with E-state index in [0.717, 1.165) is 24.9 Å². The van der Waals surface area contributed by atoms with Gasteiger partial charge < -0.3 is 15.4 Å². The Hall–Kier alpha value is -2.74. The van der Waals surface area contributed by atoms with Gasteiger partial charge >= 0.3 is 0 Å². The van der Waals surface area contributed by atoms with Gasteiger partial charge in [0.15, 0.2) is 5.65 Å². The van der Waals surface area contributed by atoms with Crippen LogP contribution in [0.5, 0.6) is 0 Å². The Kier molecular flexibility index (Phi) is 9.42. The molecule has 33 heavy (non-hydrogen) atoms. The van der Waals surface area contributed by atoms with Crippen molar-refractivity contribution in [1.29, 1.82) is 0 Å². The maximum absolute atomic E-state index is 14.2. The van der Waals surface area contributed by atoms with Gasteiger partial charge in [0.2, 0.25) is 11.9 Å². The number of fused-ring (bicyclic) bond motifs is 1. The lowest BCUT2D eigenvalue weighted by atomic mass is 9.96. The van der Waals surface area contributed by atoms with Crippen molar-refractivity contribution in [2.75, 3.05) is 23.8 Å². The number of para-hydroxylation sites is 1. The van der Waals surface area contributed by atoms with Crippen LogP contribution in [0.2, 0.25) is 0 Å². The van der Waals surface area contributed by atoms with E-state index in [9.17, 15) is 4.39 Å². The van der Waals surface area contributed by atoms with Gasteiger partial charge in [-0.1, -0.05) is 59.1 Å². The Morgan fingerprint density at radius 1 is 1.00 bits per heavy atom. The first-order valence-electron chi connectivity index (χ1n) is 12.4. The van der Waals surface area contributed by atoms with Crippen LogP contribution >= 0.6 is 0 Å². The third-order valence-electron chi connectivity index (χ3n) is 5.76. The van der Waals surface area contributed by atoms with Crippen LogP contribution in [0.1, 0.15) is 72.3 Å². The summed E-state index contributed by atoms with van der Waals surface area (Å²) in [5.41, 5.74) is 1.81. The minimum absolute atomic E-state index is 0.103. The van der Waals surface area contributed by atoms with E-state index in [1.54, 1.807) is 24.4 Å². The molecule has 2 aromatic heterocycles. The number of halogens is 1. The summed E-state index contributed by atoms with van der Waals surface area (Å²) in [6.45, 7) is 9.29. The summed E-state index contributed by atoms with van der Waals surface area (Å²) in [6, 6.07) is 7.12. The summed E-state index contributed by atoms with van der Waals surface area (Å²) in [5, 5.41) is 6.62. The Bertz CT molecular complexity index is 996. The molecule has 1 aliphatic carbocycles. The van der Waals surface area contributed by atoms with Crippen molar-refractivity contribution in [3.05, 3.63) is 36.3 Å². The molecule has 1 saturated heterocycles. The van der Waals surface area contributed by atoms with Crippen LogP contribution in [-0.4, -0.2) is 38.8 Å². The fourth-order valence-corrected chi connectivity index (χ4v) is 4.23. The average molecular weight is 457 g/mol. The number of nitrogens with zero attached hydrogens (tertiary/aromatic N) is 4. The molecule has 0 amide bonds. The fourth-order valence-electron chi connectivity index (χ4n) is 4.23. The lowest BCUT2D eigenvalue weighted by Crippen LogP contribution is -2.23. The summed E-state index contributed by atoms with van der Waals surface area (Å²) < 4.78 is 21.8. The molecule has 3 aromatic rings. The van der Waals surface area contributed by atoms with Crippen LogP contribution in [0, 0.1) is 5.82 Å². The smallest absolute Gasteiger partial charge is 0.224 e. The van der Waals surface area contributed by atoms with E-state index in [-0.39, 0.29) is 11.9 Å². The SMILES string of the molecule is CC.CC.Fc1ccccc1Nc1nc2cnc(NC3CCCCC3)nc2n1C1CCOC1. The number of anilines is 3. The molecule has 2 N–H and O–H groups in total. The number of ether oxygens (including phenoxy) is 1. The zero-order chi connectivity index (χ0) is 23.6. The molecule has 1 aromatic carbocycles. The summed E-state index contributed by atoms with van der Waals surface area (Å²) in [7, 11) is 0. The van der Waals surface area contributed by atoms with E-state index in [4.69, 9.17) is 9.72 Å².